The van der Waals surface area contributed by atoms with Crippen LogP contribution < -0.4 is 11.1 Å². The molecule has 4 N–H and O–H groups in total. The van der Waals surface area contributed by atoms with Crippen LogP contribution in [0.15, 0.2) is 55.0 Å². The van der Waals surface area contributed by atoms with Crippen molar-refractivity contribution >= 4 is 28.1 Å². The van der Waals surface area contributed by atoms with Gasteiger partial charge in [-0.2, -0.15) is 5.10 Å². The molecule has 0 aliphatic carbocycles. The van der Waals surface area contributed by atoms with Crippen LogP contribution in [0.3, 0.4) is 0 Å². The van der Waals surface area contributed by atoms with E-state index in [-0.39, 0.29) is 12.6 Å². The van der Waals surface area contributed by atoms with E-state index in [9.17, 15) is 5.11 Å². The zero-order valence-corrected chi connectivity index (χ0v) is 15.8. The highest BCUT2D eigenvalue weighted by Crippen LogP contribution is 2.29. The van der Waals surface area contributed by atoms with Gasteiger partial charge in [-0.3, -0.25) is 4.68 Å². The molecule has 4 rings (SSSR count). The molecule has 0 amide bonds. The monoisotopic (exact) mass is 374 g/mol. The van der Waals surface area contributed by atoms with Gasteiger partial charge in [0.15, 0.2) is 0 Å². The van der Waals surface area contributed by atoms with Gasteiger partial charge in [-0.1, -0.05) is 24.3 Å². The lowest BCUT2D eigenvalue weighted by Gasteiger charge is -2.10. The molecule has 3 heterocycles. The summed E-state index contributed by atoms with van der Waals surface area (Å²) in [6.45, 7) is 3.99. The third-order valence-electron chi connectivity index (χ3n) is 4.76. The van der Waals surface area contributed by atoms with E-state index in [1.54, 1.807) is 17.1 Å². The Morgan fingerprint density at radius 2 is 2.04 bits per heavy atom. The Balaban J connectivity index is 1.70. The molecule has 7 nitrogen and oxygen atoms in total. The number of fused-ring (bicyclic) bond motifs is 1. The molecule has 0 saturated heterocycles. The first kappa shape index (κ1) is 17.9. The maximum atomic E-state index is 9.26. The SMILES string of the molecule is Cc1ccccc1-c1cc2cc(Nc3cnn([C@H](C)CO)c3)ncc2c(N)n1. The van der Waals surface area contributed by atoms with Crippen molar-refractivity contribution in [3.63, 3.8) is 0 Å². The fourth-order valence-corrected chi connectivity index (χ4v) is 3.12. The molecule has 0 spiro atoms. The number of hydrogen-bond acceptors (Lipinski definition) is 6. The number of aliphatic hydroxyl groups excluding tert-OH is 1. The molecule has 0 aliphatic heterocycles. The van der Waals surface area contributed by atoms with E-state index < -0.39 is 0 Å². The van der Waals surface area contributed by atoms with Crippen LogP contribution in [0.4, 0.5) is 17.3 Å². The molecular weight excluding hydrogens is 352 g/mol. The molecular formula is C21H22N6O. The van der Waals surface area contributed by atoms with E-state index >= 15 is 0 Å². The summed E-state index contributed by atoms with van der Waals surface area (Å²) in [4.78, 5) is 9.00. The Labute approximate surface area is 162 Å². The molecule has 0 unspecified atom stereocenters. The summed E-state index contributed by atoms with van der Waals surface area (Å²) < 4.78 is 1.71. The number of aryl methyl sites for hydroxylation is 1. The summed E-state index contributed by atoms with van der Waals surface area (Å²) in [5, 5.41) is 18.5. The number of pyridine rings is 2. The number of aliphatic hydroxyl groups is 1. The molecule has 0 fully saturated rings. The maximum Gasteiger partial charge on any atom is 0.133 e. The lowest BCUT2D eigenvalue weighted by molar-refractivity contribution is 0.230. The largest absolute Gasteiger partial charge is 0.394 e. The predicted octanol–water partition coefficient (Wildman–Crippen LogP) is 3.68. The maximum absolute atomic E-state index is 9.26. The van der Waals surface area contributed by atoms with Gasteiger partial charge in [0.1, 0.15) is 11.6 Å². The molecule has 3 aromatic heterocycles. The van der Waals surface area contributed by atoms with Gasteiger partial charge in [0.05, 0.1) is 30.2 Å². The van der Waals surface area contributed by atoms with Gasteiger partial charge in [-0.05, 0) is 36.9 Å². The average Bonchev–Trinajstić information content (AvgIpc) is 3.16. The van der Waals surface area contributed by atoms with Crippen LogP contribution in [0.1, 0.15) is 18.5 Å². The fourth-order valence-electron chi connectivity index (χ4n) is 3.12. The molecule has 142 valence electrons. The lowest BCUT2D eigenvalue weighted by Crippen LogP contribution is -2.09. The molecule has 0 radical (unpaired) electrons. The van der Waals surface area contributed by atoms with Crippen LogP contribution in [0, 0.1) is 6.92 Å². The van der Waals surface area contributed by atoms with E-state index in [1.807, 2.05) is 43.5 Å². The number of benzene rings is 1. The number of nitrogens with two attached hydrogens (primary N) is 1. The summed E-state index contributed by atoms with van der Waals surface area (Å²) in [6.07, 6.45) is 5.27. The van der Waals surface area contributed by atoms with Gasteiger partial charge < -0.3 is 16.2 Å². The van der Waals surface area contributed by atoms with Gasteiger partial charge >= 0.3 is 0 Å². The van der Waals surface area contributed by atoms with Crippen LogP contribution >= 0.6 is 0 Å². The topological polar surface area (TPSA) is 102 Å². The van der Waals surface area contributed by atoms with E-state index in [2.05, 4.69) is 33.4 Å². The molecule has 4 aromatic rings. The first-order valence-corrected chi connectivity index (χ1v) is 9.09. The normalized spacial score (nSPS) is 12.2. The number of rotatable bonds is 5. The smallest absolute Gasteiger partial charge is 0.133 e. The van der Waals surface area contributed by atoms with Gasteiger partial charge in [0, 0.05) is 23.3 Å². The second-order valence-electron chi connectivity index (χ2n) is 6.86. The minimum absolute atomic E-state index is 0.0311. The summed E-state index contributed by atoms with van der Waals surface area (Å²) >= 11 is 0. The molecule has 28 heavy (non-hydrogen) atoms. The van der Waals surface area contributed by atoms with Crippen LogP contribution in [-0.4, -0.2) is 31.5 Å². The van der Waals surface area contributed by atoms with Crippen molar-refractivity contribution in [3.05, 3.63) is 60.6 Å². The van der Waals surface area contributed by atoms with E-state index in [0.717, 1.165) is 33.3 Å². The number of anilines is 3. The van der Waals surface area contributed by atoms with E-state index in [0.29, 0.717) is 11.6 Å². The van der Waals surface area contributed by atoms with Crippen molar-refractivity contribution in [3.8, 4) is 11.3 Å². The zero-order chi connectivity index (χ0) is 19.7. The summed E-state index contributed by atoms with van der Waals surface area (Å²) in [6, 6.07) is 12.0. The number of hydrogen-bond donors (Lipinski definition) is 3. The predicted molar refractivity (Wildman–Crippen MR) is 111 cm³/mol. The van der Waals surface area contributed by atoms with Gasteiger partial charge in [0.2, 0.25) is 0 Å². The Hall–Kier alpha value is -3.45. The highest BCUT2D eigenvalue weighted by atomic mass is 16.3. The van der Waals surface area contributed by atoms with Gasteiger partial charge in [-0.15, -0.1) is 0 Å². The second kappa shape index (κ2) is 7.28. The molecule has 7 heteroatoms. The Morgan fingerprint density at radius 3 is 2.82 bits per heavy atom. The lowest BCUT2D eigenvalue weighted by atomic mass is 10.0. The highest BCUT2D eigenvalue weighted by molar-refractivity contribution is 5.94. The summed E-state index contributed by atoms with van der Waals surface area (Å²) in [7, 11) is 0. The van der Waals surface area contributed by atoms with Gasteiger partial charge in [0.25, 0.3) is 0 Å². The molecule has 1 aromatic carbocycles. The third kappa shape index (κ3) is 3.39. The van der Waals surface area contributed by atoms with Crippen LogP contribution in [-0.2, 0) is 0 Å². The van der Waals surface area contributed by atoms with Crippen molar-refractivity contribution in [2.75, 3.05) is 17.7 Å². The van der Waals surface area contributed by atoms with Crippen molar-refractivity contribution < 1.29 is 5.11 Å². The van der Waals surface area contributed by atoms with Crippen molar-refractivity contribution in [1.29, 1.82) is 0 Å². The standard InChI is InChI=1S/C21H22N6O/c1-13-5-3-4-6-17(13)19-7-15-8-20(23-10-18(15)21(22)26-19)25-16-9-24-27(11-16)14(2)12-28/h3-11,14,28H,12H2,1-2H3,(H2,22,26)(H,23,25)/t14-/m1/s1. The van der Waals surface area contributed by atoms with Gasteiger partial charge in [-0.25, -0.2) is 9.97 Å². The fraction of sp³-hybridized carbons (Fsp3) is 0.190. The number of nitrogens with zero attached hydrogens (tertiary/aromatic N) is 4. The van der Waals surface area contributed by atoms with Crippen molar-refractivity contribution in [2.24, 2.45) is 0 Å². The number of nitrogens with one attached hydrogen (secondary N) is 1. The van der Waals surface area contributed by atoms with E-state index in [4.69, 9.17) is 5.73 Å². The molecule has 0 aliphatic rings. The molecule has 0 bridgehead atoms. The first-order chi connectivity index (χ1) is 13.5. The molecule has 1 atom stereocenters. The quantitative estimate of drug-likeness (QED) is 0.492. The minimum atomic E-state index is -0.0809. The Bertz CT molecular complexity index is 1140. The second-order valence-corrected chi connectivity index (χ2v) is 6.86. The van der Waals surface area contributed by atoms with Crippen LogP contribution in [0.25, 0.3) is 22.0 Å². The Morgan fingerprint density at radius 1 is 1.21 bits per heavy atom. The highest BCUT2D eigenvalue weighted by Gasteiger charge is 2.10. The first-order valence-electron chi connectivity index (χ1n) is 9.09. The Kier molecular flexibility index (Phi) is 4.67. The number of nitrogen functional groups attached to an aromatic ring is 1. The van der Waals surface area contributed by atoms with Crippen molar-refractivity contribution in [1.82, 2.24) is 19.7 Å². The summed E-state index contributed by atoms with van der Waals surface area (Å²) in [5.74, 6) is 1.14. The summed E-state index contributed by atoms with van der Waals surface area (Å²) in [5.41, 5.74) is 10.0. The number of aromatic nitrogens is 4. The average molecular weight is 374 g/mol. The third-order valence-corrected chi connectivity index (χ3v) is 4.76. The van der Waals surface area contributed by atoms with Crippen LogP contribution in [0.5, 0.6) is 0 Å². The minimum Gasteiger partial charge on any atom is -0.394 e. The molecule has 0 saturated carbocycles. The zero-order valence-electron chi connectivity index (χ0n) is 15.8. The van der Waals surface area contributed by atoms with E-state index in [1.165, 1.54) is 0 Å². The van der Waals surface area contributed by atoms with Crippen molar-refractivity contribution in [2.45, 2.75) is 19.9 Å². The van der Waals surface area contributed by atoms with Crippen LogP contribution in [0.2, 0.25) is 0 Å².